The number of benzene rings is 4. The minimum Gasteiger partial charge on any atom is -0.491 e. The number of hydrogen-bond acceptors (Lipinski definition) is 10. The minimum atomic E-state index is -0.416. The Balaban J connectivity index is 0.809. The van der Waals surface area contributed by atoms with Gasteiger partial charge in [0.25, 0.3) is 0 Å². The molecule has 2 aliphatic rings. The van der Waals surface area contributed by atoms with E-state index in [9.17, 15) is 9.59 Å². The van der Waals surface area contributed by atoms with E-state index in [1.165, 1.54) is 0 Å². The van der Waals surface area contributed by atoms with Crippen LogP contribution in [0.3, 0.4) is 0 Å². The first-order chi connectivity index (χ1) is 24.0. The van der Waals surface area contributed by atoms with Crippen molar-refractivity contribution in [2.24, 2.45) is 0 Å². The second kappa shape index (κ2) is 17.1. The molecule has 0 aromatic heterocycles. The maximum Gasteiger partial charge on any atom is 0.338 e. The molecule has 10 nitrogen and oxygen atoms in total. The van der Waals surface area contributed by atoms with Crippen LogP contribution in [0.5, 0.6) is 11.5 Å². The van der Waals surface area contributed by atoms with Gasteiger partial charge in [-0.25, -0.2) is 9.59 Å². The van der Waals surface area contributed by atoms with Crippen molar-refractivity contribution < 1.29 is 47.5 Å². The highest BCUT2D eigenvalue weighted by atomic mass is 16.6. The van der Waals surface area contributed by atoms with Gasteiger partial charge in [-0.2, -0.15) is 0 Å². The summed E-state index contributed by atoms with van der Waals surface area (Å²) in [5, 5.41) is 0. The summed E-state index contributed by atoms with van der Waals surface area (Å²) in [5.74, 6) is 0.765. The summed E-state index contributed by atoms with van der Waals surface area (Å²) in [6.07, 6.45) is 0.203. The molecule has 0 N–H and O–H groups in total. The Morgan fingerprint density at radius 3 is 1.39 bits per heavy atom. The average Bonchev–Trinajstić information content (AvgIpc) is 4.08. The van der Waals surface area contributed by atoms with Crippen molar-refractivity contribution in [1.82, 2.24) is 0 Å². The number of epoxide rings is 2. The molecule has 4 aromatic rings. The van der Waals surface area contributed by atoms with Gasteiger partial charge in [-0.05, 0) is 77.7 Å². The topological polar surface area (TPSA) is 115 Å². The molecule has 256 valence electrons. The zero-order chi connectivity index (χ0) is 33.8. The number of carbonyl (C=O) groups excluding carboxylic acids is 2. The molecule has 2 saturated heterocycles. The van der Waals surface area contributed by atoms with Gasteiger partial charge in [0.05, 0.1) is 50.3 Å². The molecule has 3 atom stereocenters. The molecule has 0 aliphatic carbocycles. The van der Waals surface area contributed by atoms with E-state index < -0.39 is 11.9 Å². The van der Waals surface area contributed by atoms with E-state index in [0.717, 1.165) is 47.0 Å². The molecule has 6 rings (SSSR count). The lowest BCUT2D eigenvalue weighted by Crippen LogP contribution is -2.21. The predicted molar refractivity (Wildman–Crippen MR) is 181 cm³/mol. The Hall–Kier alpha value is -4.74. The van der Waals surface area contributed by atoms with Gasteiger partial charge in [-0.1, -0.05) is 48.5 Å². The van der Waals surface area contributed by atoms with E-state index in [-0.39, 0.29) is 44.7 Å². The van der Waals surface area contributed by atoms with Crippen LogP contribution in [0.1, 0.15) is 27.6 Å². The van der Waals surface area contributed by atoms with E-state index in [2.05, 4.69) is 0 Å². The molecule has 3 unspecified atom stereocenters. The van der Waals surface area contributed by atoms with Crippen molar-refractivity contribution in [3.05, 3.63) is 108 Å². The van der Waals surface area contributed by atoms with Crippen molar-refractivity contribution >= 4 is 11.9 Å². The zero-order valence-electron chi connectivity index (χ0n) is 27.4. The molecule has 49 heavy (non-hydrogen) atoms. The SMILES string of the molecule is CC(COCCOC(=O)c1ccc(-c2ccc(OCC3CO3)cc2)cc1)OCCOC(=O)c1ccc(-c2ccc(OCC3CO3)cc2)cc1. The smallest absolute Gasteiger partial charge is 0.338 e. The summed E-state index contributed by atoms with van der Waals surface area (Å²) in [5.41, 5.74) is 4.94. The molecule has 2 fully saturated rings. The summed E-state index contributed by atoms with van der Waals surface area (Å²) in [6.45, 7) is 5.52. The van der Waals surface area contributed by atoms with Crippen LogP contribution >= 0.6 is 0 Å². The largest absolute Gasteiger partial charge is 0.491 e. The highest BCUT2D eigenvalue weighted by molar-refractivity contribution is 5.90. The normalized spacial score (nSPS) is 16.8. The van der Waals surface area contributed by atoms with Crippen LogP contribution in [0, 0.1) is 0 Å². The molecule has 10 heteroatoms. The lowest BCUT2D eigenvalue weighted by atomic mass is 10.0. The highest BCUT2D eigenvalue weighted by Crippen LogP contribution is 2.25. The van der Waals surface area contributed by atoms with E-state index in [1.54, 1.807) is 24.3 Å². The van der Waals surface area contributed by atoms with Gasteiger partial charge in [0.1, 0.15) is 50.1 Å². The van der Waals surface area contributed by atoms with Crippen molar-refractivity contribution in [1.29, 1.82) is 0 Å². The third-order valence-corrected chi connectivity index (χ3v) is 7.83. The van der Waals surface area contributed by atoms with Crippen LogP contribution in [0.2, 0.25) is 0 Å². The summed E-state index contributed by atoms with van der Waals surface area (Å²) in [6, 6.07) is 30.1. The molecule has 2 heterocycles. The number of hydrogen-bond donors (Lipinski definition) is 0. The quantitative estimate of drug-likeness (QED) is 0.0669. The van der Waals surface area contributed by atoms with Crippen molar-refractivity contribution in [2.75, 3.05) is 59.5 Å². The van der Waals surface area contributed by atoms with Crippen LogP contribution < -0.4 is 9.47 Å². The predicted octanol–water partition coefficient (Wildman–Crippen LogP) is 6.01. The monoisotopic (exact) mass is 668 g/mol. The first-order valence-corrected chi connectivity index (χ1v) is 16.4. The molecule has 4 aromatic carbocycles. The number of carbonyl (C=O) groups is 2. The molecule has 2 aliphatic heterocycles. The Morgan fingerprint density at radius 2 is 0.980 bits per heavy atom. The zero-order valence-corrected chi connectivity index (χ0v) is 27.4. The Morgan fingerprint density at radius 1 is 0.592 bits per heavy atom. The number of ether oxygens (including phenoxy) is 8. The minimum absolute atomic E-state index is 0.116. The van der Waals surface area contributed by atoms with Crippen LogP contribution in [-0.4, -0.2) is 89.7 Å². The van der Waals surface area contributed by atoms with Gasteiger partial charge in [-0.15, -0.1) is 0 Å². The Bertz CT molecular complexity index is 1630. The van der Waals surface area contributed by atoms with Crippen LogP contribution in [0.4, 0.5) is 0 Å². The summed E-state index contributed by atoms with van der Waals surface area (Å²) in [4.78, 5) is 24.9. The maximum atomic E-state index is 12.5. The second-order valence-corrected chi connectivity index (χ2v) is 11.8. The van der Waals surface area contributed by atoms with Gasteiger partial charge in [0.15, 0.2) is 0 Å². The lowest BCUT2D eigenvalue weighted by Gasteiger charge is -2.14. The average molecular weight is 669 g/mol. The lowest BCUT2D eigenvalue weighted by molar-refractivity contribution is -0.0324. The van der Waals surface area contributed by atoms with E-state index in [0.29, 0.717) is 30.9 Å². The van der Waals surface area contributed by atoms with Crippen molar-refractivity contribution in [3.8, 4) is 33.8 Å². The van der Waals surface area contributed by atoms with Gasteiger partial charge in [0.2, 0.25) is 0 Å². The maximum absolute atomic E-state index is 12.5. The molecule has 0 bridgehead atoms. The Kier molecular flexibility index (Phi) is 11.9. The number of esters is 2. The van der Waals surface area contributed by atoms with Crippen LogP contribution in [0.25, 0.3) is 22.3 Å². The van der Waals surface area contributed by atoms with Crippen molar-refractivity contribution in [2.45, 2.75) is 25.2 Å². The third kappa shape index (κ3) is 10.9. The van der Waals surface area contributed by atoms with Crippen LogP contribution in [0.15, 0.2) is 97.1 Å². The fourth-order valence-electron chi connectivity index (χ4n) is 4.83. The van der Waals surface area contributed by atoms with Gasteiger partial charge in [0, 0.05) is 0 Å². The van der Waals surface area contributed by atoms with E-state index >= 15 is 0 Å². The summed E-state index contributed by atoms with van der Waals surface area (Å²) in [7, 11) is 0. The third-order valence-electron chi connectivity index (χ3n) is 7.83. The second-order valence-electron chi connectivity index (χ2n) is 11.8. The fourth-order valence-corrected chi connectivity index (χ4v) is 4.83. The summed E-state index contributed by atoms with van der Waals surface area (Å²) < 4.78 is 43.7. The van der Waals surface area contributed by atoms with Gasteiger partial charge < -0.3 is 37.9 Å². The van der Waals surface area contributed by atoms with Crippen LogP contribution in [-0.2, 0) is 28.4 Å². The first-order valence-electron chi connectivity index (χ1n) is 16.4. The summed E-state index contributed by atoms with van der Waals surface area (Å²) >= 11 is 0. The Labute approximate surface area is 285 Å². The van der Waals surface area contributed by atoms with E-state index in [1.807, 2.05) is 79.7 Å². The van der Waals surface area contributed by atoms with Gasteiger partial charge in [-0.3, -0.25) is 0 Å². The first kappa shape index (κ1) is 34.1. The molecule has 0 amide bonds. The highest BCUT2D eigenvalue weighted by Gasteiger charge is 2.23. The van der Waals surface area contributed by atoms with Crippen molar-refractivity contribution in [3.63, 3.8) is 0 Å². The van der Waals surface area contributed by atoms with E-state index in [4.69, 9.17) is 37.9 Å². The molecular weight excluding hydrogens is 628 g/mol. The number of rotatable bonds is 19. The fraction of sp³-hybridized carbons (Fsp3) is 0.333. The molecule has 0 spiro atoms. The standard InChI is InChI=1S/C39H40O10/c1-27(43-20-21-45-39(41)33-8-4-29(5-9-33)31-12-16-35(17-13-31)47-24-37-26-49-37)22-42-18-19-44-38(40)32-6-2-28(3-7-32)30-10-14-34(15-11-30)46-23-36-25-48-36/h2-17,27,36-37H,18-26H2,1H3. The van der Waals surface area contributed by atoms with Gasteiger partial charge >= 0.3 is 11.9 Å². The molecule has 0 saturated carbocycles. The molecule has 0 radical (unpaired) electrons. The molecular formula is C39H40O10.